The zero-order valence-electron chi connectivity index (χ0n) is 15.4. The number of ether oxygens (including phenoxy) is 1. The minimum atomic E-state index is -1.22. The number of carboxylic acids is 1. The molecule has 0 radical (unpaired) electrons. The van der Waals surface area contributed by atoms with Gasteiger partial charge in [0.15, 0.2) is 0 Å². The molecule has 0 aliphatic heterocycles. The molecule has 0 saturated heterocycles. The van der Waals surface area contributed by atoms with Gasteiger partial charge in [-0.25, -0.2) is 9.07 Å². The summed E-state index contributed by atoms with van der Waals surface area (Å²) in [4.78, 5) is 36.0. The van der Waals surface area contributed by atoms with E-state index in [0.29, 0.717) is 5.69 Å². The summed E-state index contributed by atoms with van der Waals surface area (Å²) < 4.78 is 20.5. The normalized spacial score (nSPS) is 11.7. The molecule has 1 atom stereocenters. The number of carboxylic acid groups (broad SMARTS) is 1. The molecule has 0 aliphatic carbocycles. The van der Waals surface area contributed by atoms with Crippen LogP contribution >= 0.6 is 0 Å². The second-order valence-corrected chi connectivity index (χ2v) is 6.19. The molecule has 29 heavy (non-hydrogen) atoms. The van der Waals surface area contributed by atoms with Gasteiger partial charge in [-0.05, 0) is 18.2 Å². The van der Waals surface area contributed by atoms with Gasteiger partial charge in [-0.2, -0.15) is 0 Å². The Labute approximate surface area is 164 Å². The van der Waals surface area contributed by atoms with Crippen molar-refractivity contribution >= 4 is 11.9 Å². The third-order valence-electron chi connectivity index (χ3n) is 4.25. The molecule has 3 aromatic rings. The van der Waals surface area contributed by atoms with Crippen molar-refractivity contribution in [1.29, 1.82) is 0 Å². The Morgan fingerprint density at radius 1 is 1.21 bits per heavy atom. The number of benzene rings is 2. The third-order valence-corrected chi connectivity index (χ3v) is 4.25. The fourth-order valence-corrected chi connectivity index (χ4v) is 2.85. The van der Waals surface area contributed by atoms with Gasteiger partial charge in [0.05, 0.1) is 25.3 Å². The lowest BCUT2D eigenvalue weighted by Gasteiger charge is -2.18. The number of aliphatic carboxylic acids is 1. The standard InChI is InChI=1S/C20H18FN3O5/c1-29-13-7-8-14(15(21)9-13)16(11-19(26)27)22-20(28)17-10-18(25)24(23-17)12-5-3-2-4-6-12/h2-10,16,23H,11H2,1H3,(H,22,28)(H,26,27). The summed E-state index contributed by atoms with van der Waals surface area (Å²) in [5, 5.41) is 14.3. The maximum absolute atomic E-state index is 14.4. The van der Waals surface area contributed by atoms with E-state index >= 15 is 0 Å². The number of hydrogen-bond donors (Lipinski definition) is 3. The quantitative estimate of drug-likeness (QED) is 0.564. The average molecular weight is 399 g/mol. The SMILES string of the molecule is COc1ccc(C(CC(=O)O)NC(=O)c2cc(=O)n(-c3ccccc3)[nH]2)c(F)c1. The molecule has 0 saturated carbocycles. The number of nitrogens with one attached hydrogen (secondary N) is 2. The van der Waals surface area contributed by atoms with E-state index in [1.54, 1.807) is 30.3 Å². The van der Waals surface area contributed by atoms with E-state index < -0.39 is 35.7 Å². The number of hydrogen-bond acceptors (Lipinski definition) is 4. The summed E-state index contributed by atoms with van der Waals surface area (Å²) in [6, 6.07) is 12.5. The summed E-state index contributed by atoms with van der Waals surface area (Å²) in [5.74, 6) is -2.42. The predicted octanol–water partition coefficient (Wildman–Crippen LogP) is 2.26. The molecule has 0 fully saturated rings. The van der Waals surface area contributed by atoms with Crippen LogP contribution in [0.5, 0.6) is 5.75 Å². The van der Waals surface area contributed by atoms with Crippen molar-refractivity contribution in [2.24, 2.45) is 0 Å². The highest BCUT2D eigenvalue weighted by Gasteiger charge is 2.23. The summed E-state index contributed by atoms with van der Waals surface area (Å²) in [6.07, 6.45) is -0.543. The number of carbonyl (C=O) groups is 2. The van der Waals surface area contributed by atoms with Crippen LogP contribution in [0, 0.1) is 5.82 Å². The zero-order valence-corrected chi connectivity index (χ0v) is 15.4. The Bertz CT molecular complexity index is 1090. The molecule has 3 rings (SSSR count). The highest BCUT2D eigenvalue weighted by atomic mass is 19.1. The van der Waals surface area contributed by atoms with Crippen molar-refractivity contribution in [1.82, 2.24) is 15.1 Å². The largest absolute Gasteiger partial charge is 0.497 e. The molecule has 0 spiro atoms. The van der Waals surface area contributed by atoms with E-state index in [-0.39, 0.29) is 17.0 Å². The van der Waals surface area contributed by atoms with Crippen molar-refractivity contribution in [3.63, 3.8) is 0 Å². The van der Waals surface area contributed by atoms with Gasteiger partial charge in [-0.3, -0.25) is 19.5 Å². The monoisotopic (exact) mass is 399 g/mol. The van der Waals surface area contributed by atoms with Crippen LogP contribution in [0.3, 0.4) is 0 Å². The zero-order chi connectivity index (χ0) is 21.0. The number of amides is 1. The molecule has 0 aliphatic rings. The van der Waals surface area contributed by atoms with Gasteiger partial charge < -0.3 is 15.2 Å². The maximum Gasteiger partial charge on any atom is 0.305 e. The van der Waals surface area contributed by atoms with E-state index in [1.165, 1.54) is 23.9 Å². The van der Waals surface area contributed by atoms with Gasteiger partial charge in [-0.15, -0.1) is 0 Å². The van der Waals surface area contributed by atoms with Crippen LogP contribution in [0.15, 0.2) is 59.4 Å². The third kappa shape index (κ3) is 4.52. The van der Waals surface area contributed by atoms with Gasteiger partial charge in [0, 0.05) is 17.7 Å². The molecule has 1 unspecified atom stereocenters. The molecule has 2 aromatic carbocycles. The molecule has 8 nitrogen and oxygen atoms in total. The van der Waals surface area contributed by atoms with Crippen LogP contribution < -0.4 is 15.6 Å². The first kappa shape index (κ1) is 19.9. The lowest BCUT2D eigenvalue weighted by atomic mass is 10.0. The number of carbonyl (C=O) groups excluding carboxylic acids is 1. The molecule has 3 N–H and O–H groups in total. The van der Waals surface area contributed by atoms with Crippen LogP contribution in [0.4, 0.5) is 4.39 Å². The second-order valence-electron chi connectivity index (χ2n) is 6.19. The van der Waals surface area contributed by atoms with Crippen molar-refractivity contribution in [2.45, 2.75) is 12.5 Å². The summed E-state index contributed by atoms with van der Waals surface area (Å²) in [7, 11) is 1.37. The summed E-state index contributed by atoms with van der Waals surface area (Å²) >= 11 is 0. The smallest absolute Gasteiger partial charge is 0.305 e. The first-order valence-corrected chi connectivity index (χ1v) is 8.62. The molecular formula is C20H18FN3O5. The molecule has 1 heterocycles. The average Bonchev–Trinajstić information content (AvgIpc) is 3.09. The lowest BCUT2D eigenvalue weighted by molar-refractivity contribution is -0.137. The van der Waals surface area contributed by atoms with Gasteiger partial charge in [-0.1, -0.05) is 24.3 Å². The van der Waals surface area contributed by atoms with Crippen molar-refractivity contribution in [3.8, 4) is 11.4 Å². The van der Waals surface area contributed by atoms with E-state index in [4.69, 9.17) is 9.84 Å². The first-order chi connectivity index (χ1) is 13.9. The summed E-state index contributed by atoms with van der Waals surface area (Å²) in [5.41, 5.74) is -0.0267. The minimum absolute atomic E-state index is 0.00797. The van der Waals surface area contributed by atoms with Gasteiger partial charge >= 0.3 is 5.97 Å². The van der Waals surface area contributed by atoms with Crippen molar-refractivity contribution in [3.05, 3.63) is 82.0 Å². The van der Waals surface area contributed by atoms with E-state index in [1.807, 2.05) is 0 Å². The Balaban J connectivity index is 1.88. The number of H-pyrrole nitrogens is 1. The number of halogens is 1. The van der Waals surface area contributed by atoms with Crippen molar-refractivity contribution < 1.29 is 23.8 Å². The number of rotatable bonds is 7. The van der Waals surface area contributed by atoms with Gasteiger partial charge in [0.2, 0.25) is 0 Å². The lowest BCUT2D eigenvalue weighted by Crippen LogP contribution is -2.31. The number of aromatic nitrogens is 2. The molecule has 150 valence electrons. The number of methoxy groups -OCH3 is 1. The molecule has 9 heteroatoms. The number of aromatic amines is 1. The van der Waals surface area contributed by atoms with Crippen LogP contribution in [0.1, 0.15) is 28.5 Å². The Morgan fingerprint density at radius 3 is 2.55 bits per heavy atom. The minimum Gasteiger partial charge on any atom is -0.497 e. The van der Waals surface area contributed by atoms with E-state index in [0.717, 1.165) is 12.1 Å². The Morgan fingerprint density at radius 2 is 1.93 bits per heavy atom. The fourth-order valence-electron chi connectivity index (χ4n) is 2.85. The van der Waals surface area contributed by atoms with Crippen LogP contribution in [0.2, 0.25) is 0 Å². The molecular weight excluding hydrogens is 381 g/mol. The maximum atomic E-state index is 14.4. The number of nitrogens with zero attached hydrogens (tertiary/aromatic N) is 1. The fraction of sp³-hybridized carbons (Fsp3) is 0.150. The first-order valence-electron chi connectivity index (χ1n) is 8.62. The van der Waals surface area contributed by atoms with E-state index in [2.05, 4.69) is 10.4 Å². The Kier molecular flexibility index (Phi) is 5.77. The van der Waals surface area contributed by atoms with Crippen LogP contribution in [-0.2, 0) is 4.79 Å². The van der Waals surface area contributed by atoms with Gasteiger partial charge in [0.25, 0.3) is 11.5 Å². The second kappa shape index (κ2) is 8.42. The van der Waals surface area contributed by atoms with Gasteiger partial charge in [0.1, 0.15) is 17.3 Å². The van der Waals surface area contributed by atoms with Crippen LogP contribution in [0.25, 0.3) is 5.69 Å². The molecule has 0 bridgehead atoms. The highest BCUT2D eigenvalue weighted by Crippen LogP contribution is 2.24. The predicted molar refractivity (Wildman–Crippen MR) is 102 cm³/mol. The van der Waals surface area contributed by atoms with Crippen LogP contribution in [-0.4, -0.2) is 33.9 Å². The number of para-hydroxylation sites is 1. The van der Waals surface area contributed by atoms with E-state index in [9.17, 15) is 18.8 Å². The molecule has 1 aromatic heterocycles. The summed E-state index contributed by atoms with van der Waals surface area (Å²) in [6.45, 7) is 0. The highest BCUT2D eigenvalue weighted by molar-refractivity contribution is 5.92. The van der Waals surface area contributed by atoms with Crippen molar-refractivity contribution in [2.75, 3.05) is 7.11 Å². The Hall–Kier alpha value is -3.88. The molecule has 1 amide bonds. The topological polar surface area (TPSA) is 113 Å².